The summed E-state index contributed by atoms with van der Waals surface area (Å²) in [7, 11) is 0. The van der Waals surface area contributed by atoms with E-state index in [2.05, 4.69) is 0 Å². The van der Waals surface area contributed by atoms with E-state index in [1.54, 1.807) is 24.3 Å². The van der Waals surface area contributed by atoms with Crippen LogP contribution in [-0.2, 0) is 19.1 Å². The van der Waals surface area contributed by atoms with Crippen LogP contribution in [0, 0.1) is 10.8 Å². The lowest BCUT2D eigenvalue weighted by Gasteiger charge is -2.42. The van der Waals surface area contributed by atoms with Gasteiger partial charge in [0.05, 0.1) is 6.61 Å². The summed E-state index contributed by atoms with van der Waals surface area (Å²) >= 11 is 0. The largest absolute Gasteiger partial charge is 0.465 e. The highest BCUT2D eigenvalue weighted by atomic mass is 16.7. The first-order chi connectivity index (χ1) is 17.8. The van der Waals surface area contributed by atoms with E-state index in [4.69, 9.17) is 14.2 Å². The Hall–Kier alpha value is -2.56. The van der Waals surface area contributed by atoms with Crippen LogP contribution in [0.1, 0.15) is 64.9 Å². The van der Waals surface area contributed by atoms with Crippen LogP contribution in [0.2, 0.25) is 0 Å². The zero-order chi connectivity index (χ0) is 27.6. The highest BCUT2D eigenvalue weighted by Gasteiger charge is 2.48. The summed E-state index contributed by atoms with van der Waals surface area (Å²) in [6, 6.07) is 6.82. The van der Waals surface area contributed by atoms with E-state index in [9.17, 15) is 30.0 Å². The Bertz CT molecular complexity index is 1140. The Kier molecular flexibility index (Phi) is 6.81. The lowest BCUT2D eigenvalue weighted by atomic mass is 9.65. The fourth-order valence-corrected chi connectivity index (χ4v) is 6.05. The Morgan fingerprint density at radius 3 is 1.84 bits per heavy atom. The molecule has 0 aromatic heterocycles. The van der Waals surface area contributed by atoms with Crippen molar-refractivity contribution in [2.24, 2.45) is 10.8 Å². The summed E-state index contributed by atoms with van der Waals surface area (Å²) in [5.74, 6) is 1.01. The van der Waals surface area contributed by atoms with Crippen LogP contribution in [-0.4, -0.2) is 69.3 Å². The number of benzene rings is 1. The normalized spacial score (nSPS) is 33.0. The lowest BCUT2D eigenvalue weighted by molar-refractivity contribution is -0.277. The van der Waals surface area contributed by atoms with E-state index in [1.165, 1.54) is 0 Å². The third-order valence-corrected chi connectivity index (χ3v) is 7.90. The highest BCUT2D eigenvalue weighted by molar-refractivity contribution is 6.06. The van der Waals surface area contributed by atoms with Crippen LogP contribution >= 0.6 is 0 Å². The number of allylic oxidation sites excluding steroid dienone is 4. The second-order valence-corrected chi connectivity index (χ2v) is 12.5. The molecule has 0 saturated carbocycles. The molecular weight excluding hydrogens is 492 g/mol. The molecule has 1 fully saturated rings. The van der Waals surface area contributed by atoms with Gasteiger partial charge in [-0.05, 0) is 28.5 Å². The molecule has 5 rings (SSSR count). The minimum Gasteiger partial charge on any atom is -0.465 e. The minimum absolute atomic E-state index is 0.0212. The Balaban J connectivity index is 1.48. The number of aliphatic hydroxyl groups excluding tert-OH is 4. The van der Waals surface area contributed by atoms with Crippen molar-refractivity contribution in [3.63, 3.8) is 0 Å². The third-order valence-electron chi connectivity index (χ3n) is 7.90. The minimum atomic E-state index is -1.55. The predicted octanol–water partition coefficient (Wildman–Crippen LogP) is 2.27. The molecular formula is C29H36O9. The number of carbonyl (C=O) groups excluding carboxylic acids is 2. The van der Waals surface area contributed by atoms with Crippen LogP contribution in [0.3, 0.4) is 0 Å². The Morgan fingerprint density at radius 1 is 0.816 bits per heavy atom. The molecule has 9 heteroatoms. The molecule has 4 aliphatic rings. The molecule has 38 heavy (non-hydrogen) atoms. The quantitative estimate of drug-likeness (QED) is 0.463. The van der Waals surface area contributed by atoms with E-state index in [-0.39, 0.29) is 22.4 Å². The first-order valence-corrected chi connectivity index (χ1v) is 13.1. The Labute approximate surface area is 221 Å². The maximum absolute atomic E-state index is 13.4. The van der Waals surface area contributed by atoms with E-state index < -0.39 is 43.2 Å². The summed E-state index contributed by atoms with van der Waals surface area (Å²) in [4.78, 5) is 26.8. The van der Waals surface area contributed by atoms with Crippen LogP contribution in [0.4, 0.5) is 0 Å². The fourth-order valence-electron chi connectivity index (χ4n) is 6.05. The molecule has 1 saturated heterocycles. The second kappa shape index (κ2) is 9.57. The number of ether oxygens (including phenoxy) is 3. The molecule has 9 nitrogen and oxygen atoms in total. The first kappa shape index (κ1) is 27.0. The second-order valence-electron chi connectivity index (χ2n) is 12.5. The van der Waals surface area contributed by atoms with Gasteiger partial charge in [-0.3, -0.25) is 9.59 Å². The van der Waals surface area contributed by atoms with Crippen molar-refractivity contribution in [3.8, 4) is 5.75 Å². The average Bonchev–Trinajstić information content (AvgIpc) is 2.82. The summed E-state index contributed by atoms with van der Waals surface area (Å²) in [6.07, 6.45) is -5.01. The van der Waals surface area contributed by atoms with E-state index in [0.29, 0.717) is 54.1 Å². The third kappa shape index (κ3) is 4.82. The van der Waals surface area contributed by atoms with Crippen molar-refractivity contribution in [2.75, 3.05) is 6.61 Å². The van der Waals surface area contributed by atoms with Crippen molar-refractivity contribution in [1.82, 2.24) is 0 Å². The SMILES string of the molecule is CC1(C)CC(=O)C2=C(C1)OC1=C(C(=O)CC(C)(C)C1)C2c1ccc(O[C@@H]2OC(CO)[C@@H](O)C(O)C2O)cc1. The molecule has 0 radical (unpaired) electrons. The van der Waals surface area contributed by atoms with Gasteiger partial charge in [0, 0.05) is 42.7 Å². The fraction of sp³-hybridized carbons (Fsp3) is 0.586. The van der Waals surface area contributed by atoms with Gasteiger partial charge < -0.3 is 34.6 Å². The van der Waals surface area contributed by atoms with Gasteiger partial charge >= 0.3 is 0 Å². The molecule has 2 aliphatic carbocycles. The van der Waals surface area contributed by atoms with Crippen LogP contribution < -0.4 is 4.74 Å². The van der Waals surface area contributed by atoms with Gasteiger partial charge in [-0.1, -0.05) is 39.8 Å². The summed E-state index contributed by atoms with van der Waals surface area (Å²) in [5, 5.41) is 39.8. The number of rotatable bonds is 4. The number of Topliss-reactive ketones (excluding diaryl/α,β-unsaturated/α-hetero) is 2. The molecule has 0 bridgehead atoms. The molecule has 4 N–H and O–H groups in total. The van der Waals surface area contributed by atoms with Crippen molar-refractivity contribution in [1.29, 1.82) is 0 Å². The van der Waals surface area contributed by atoms with Crippen molar-refractivity contribution in [2.45, 2.75) is 90.0 Å². The molecule has 5 atom stereocenters. The lowest BCUT2D eigenvalue weighted by Crippen LogP contribution is -2.60. The summed E-state index contributed by atoms with van der Waals surface area (Å²) in [5.41, 5.74) is 1.35. The smallest absolute Gasteiger partial charge is 0.229 e. The molecule has 0 amide bonds. The van der Waals surface area contributed by atoms with Gasteiger partial charge in [-0.2, -0.15) is 0 Å². The van der Waals surface area contributed by atoms with Crippen molar-refractivity contribution < 1.29 is 44.2 Å². The van der Waals surface area contributed by atoms with Gasteiger partial charge in [0.15, 0.2) is 11.6 Å². The number of hydrogen-bond donors (Lipinski definition) is 4. The average molecular weight is 529 g/mol. The monoisotopic (exact) mass is 528 g/mol. The standard InChI is InChI=1S/C29H36O9/c1-28(2)9-16(31)22-18(11-28)37-19-12-29(3,4)10-17(32)23(19)21(22)14-5-7-15(8-6-14)36-27-26(35)25(34)24(33)20(13-30)38-27/h5-8,20-21,24-27,30,33-35H,9-13H2,1-4H3/t20?,24-,25?,26?,27-/m1/s1. The number of carbonyl (C=O) groups is 2. The molecule has 0 spiro atoms. The van der Waals surface area contributed by atoms with Gasteiger partial charge in [-0.15, -0.1) is 0 Å². The predicted molar refractivity (Wildman–Crippen MR) is 135 cm³/mol. The highest BCUT2D eigenvalue weighted by Crippen LogP contribution is 2.53. The van der Waals surface area contributed by atoms with E-state index in [1.807, 2.05) is 27.7 Å². The van der Waals surface area contributed by atoms with Crippen molar-refractivity contribution >= 4 is 11.6 Å². The van der Waals surface area contributed by atoms with Gasteiger partial charge in [0.25, 0.3) is 0 Å². The maximum Gasteiger partial charge on any atom is 0.229 e. The van der Waals surface area contributed by atoms with Crippen LogP contribution in [0.5, 0.6) is 5.75 Å². The maximum atomic E-state index is 13.4. The number of aliphatic hydroxyl groups is 4. The molecule has 1 aromatic rings. The van der Waals surface area contributed by atoms with Crippen LogP contribution in [0.25, 0.3) is 0 Å². The molecule has 2 aliphatic heterocycles. The summed E-state index contributed by atoms with van der Waals surface area (Å²) < 4.78 is 17.5. The van der Waals surface area contributed by atoms with Crippen LogP contribution in [0.15, 0.2) is 46.9 Å². The van der Waals surface area contributed by atoms with Gasteiger partial charge in [0.1, 0.15) is 41.7 Å². The molecule has 206 valence electrons. The topological polar surface area (TPSA) is 143 Å². The van der Waals surface area contributed by atoms with Crippen molar-refractivity contribution in [3.05, 3.63) is 52.5 Å². The van der Waals surface area contributed by atoms with Gasteiger partial charge in [0.2, 0.25) is 6.29 Å². The zero-order valence-electron chi connectivity index (χ0n) is 22.1. The number of ketones is 2. The Morgan fingerprint density at radius 2 is 1.34 bits per heavy atom. The molecule has 1 aromatic carbocycles. The molecule has 2 heterocycles. The molecule has 3 unspecified atom stereocenters. The number of hydrogen-bond acceptors (Lipinski definition) is 9. The summed E-state index contributed by atoms with van der Waals surface area (Å²) in [6.45, 7) is 7.60. The van der Waals surface area contributed by atoms with E-state index in [0.717, 1.165) is 5.56 Å². The first-order valence-electron chi connectivity index (χ1n) is 13.1. The van der Waals surface area contributed by atoms with E-state index >= 15 is 0 Å². The van der Waals surface area contributed by atoms with Gasteiger partial charge in [-0.25, -0.2) is 0 Å². The zero-order valence-corrected chi connectivity index (χ0v) is 22.1.